The van der Waals surface area contributed by atoms with Crippen LogP contribution in [0.3, 0.4) is 0 Å². The number of hydrogen-bond donors (Lipinski definition) is 1. The van der Waals surface area contributed by atoms with Crippen LogP contribution in [0.25, 0.3) is 0 Å². The van der Waals surface area contributed by atoms with Crippen molar-refractivity contribution in [2.45, 2.75) is 6.42 Å². The molecule has 1 heterocycles. The van der Waals surface area contributed by atoms with Crippen LogP contribution in [0, 0.1) is 5.82 Å². The lowest BCUT2D eigenvalue weighted by molar-refractivity contribution is 0.0651. The summed E-state index contributed by atoms with van der Waals surface area (Å²) in [5.41, 5.74) is 5.76. The maximum Gasteiger partial charge on any atom is 0.253 e. The maximum atomic E-state index is 13.0. The van der Waals surface area contributed by atoms with E-state index >= 15 is 0 Å². The molecule has 1 aliphatic heterocycles. The molecule has 1 aromatic carbocycles. The fourth-order valence-electron chi connectivity index (χ4n) is 1.36. The van der Waals surface area contributed by atoms with E-state index in [1.165, 1.54) is 12.1 Å². The number of anilines is 1. The highest BCUT2D eigenvalue weighted by atomic mass is 19.1. The highest BCUT2D eigenvalue weighted by Crippen LogP contribution is 2.16. The predicted molar refractivity (Wildman–Crippen MR) is 51.3 cm³/mol. The van der Waals surface area contributed by atoms with E-state index in [9.17, 15) is 9.18 Å². The molecule has 1 fully saturated rings. The summed E-state index contributed by atoms with van der Waals surface area (Å²) >= 11 is 0. The molecule has 4 heteroatoms. The number of likely N-dealkylation sites (tertiary alicyclic amines) is 1. The fraction of sp³-hybridized carbons (Fsp3) is 0.300. The highest BCUT2D eigenvalue weighted by Gasteiger charge is 2.21. The van der Waals surface area contributed by atoms with Gasteiger partial charge in [-0.2, -0.15) is 0 Å². The van der Waals surface area contributed by atoms with Crippen molar-refractivity contribution in [2.75, 3.05) is 18.8 Å². The number of hydrogen-bond acceptors (Lipinski definition) is 2. The van der Waals surface area contributed by atoms with Crippen LogP contribution in [-0.4, -0.2) is 23.9 Å². The first-order valence-electron chi connectivity index (χ1n) is 4.53. The summed E-state index contributed by atoms with van der Waals surface area (Å²) in [5, 5.41) is 0. The number of halogens is 1. The molecule has 0 aliphatic carbocycles. The van der Waals surface area contributed by atoms with Gasteiger partial charge in [-0.05, 0) is 24.6 Å². The number of rotatable bonds is 1. The first-order chi connectivity index (χ1) is 6.68. The van der Waals surface area contributed by atoms with Crippen molar-refractivity contribution in [3.63, 3.8) is 0 Å². The Hall–Kier alpha value is -1.58. The number of nitrogens with zero attached hydrogens (tertiary/aromatic N) is 1. The number of nitrogen functional groups attached to an aromatic ring is 1. The summed E-state index contributed by atoms with van der Waals surface area (Å²) < 4.78 is 13.0. The Labute approximate surface area is 81.3 Å². The van der Waals surface area contributed by atoms with Gasteiger partial charge in [-0.3, -0.25) is 4.79 Å². The first-order valence-corrected chi connectivity index (χ1v) is 4.53. The lowest BCUT2D eigenvalue weighted by Gasteiger charge is -2.30. The maximum absolute atomic E-state index is 13.0. The van der Waals surface area contributed by atoms with E-state index in [0.29, 0.717) is 5.56 Å². The molecule has 2 rings (SSSR count). The third-order valence-electron chi connectivity index (χ3n) is 2.39. The second-order valence-electron chi connectivity index (χ2n) is 3.38. The van der Waals surface area contributed by atoms with Gasteiger partial charge in [0.1, 0.15) is 5.82 Å². The van der Waals surface area contributed by atoms with Crippen LogP contribution in [-0.2, 0) is 0 Å². The Balaban J connectivity index is 2.23. The molecule has 1 amide bonds. The molecular weight excluding hydrogens is 183 g/mol. The van der Waals surface area contributed by atoms with E-state index in [0.717, 1.165) is 19.5 Å². The van der Waals surface area contributed by atoms with Crippen LogP contribution in [0.1, 0.15) is 16.8 Å². The Morgan fingerprint density at radius 3 is 2.64 bits per heavy atom. The summed E-state index contributed by atoms with van der Waals surface area (Å²) in [7, 11) is 0. The van der Waals surface area contributed by atoms with Gasteiger partial charge < -0.3 is 10.6 Å². The van der Waals surface area contributed by atoms with Crippen LogP contribution in [0.5, 0.6) is 0 Å². The van der Waals surface area contributed by atoms with Crippen LogP contribution in [0.4, 0.5) is 10.1 Å². The normalized spacial score (nSPS) is 15.1. The van der Waals surface area contributed by atoms with Crippen LogP contribution in [0.2, 0.25) is 0 Å². The molecule has 0 aromatic heterocycles. The Kier molecular flexibility index (Phi) is 2.11. The number of benzene rings is 1. The van der Waals surface area contributed by atoms with E-state index < -0.39 is 5.82 Å². The second kappa shape index (κ2) is 3.29. The van der Waals surface area contributed by atoms with Gasteiger partial charge in [-0.15, -0.1) is 0 Å². The van der Waals surface area contributed by atoms with Crippen LogP contribution >= 0.6 is 0 Å². The minimum atomic E-state index is -0.531. The monoisotopic (exact) mass is 194 g/mol. The van der Waals surface area contributed by atoms with Gasteiger partial charge in [0.2, 0.25) is 0 Å². The van der Waals surface area contributed by atoms with Crippen molar-refractivity contribution in [2.24, 2.45) is 0 Å². The van der Waals surface area contributed by atoms with Gasteiger partial charge in [0.25, 0.3) is 5.91 Å². The zero-order valence-electron chi connectivity index (χ0n) is 7.66. The smallest absolute Gasteiger partial charge is 0.253 e. The predicted octanol–water partition coefficient (Wildman–Crippen LogP) is 1.25. The van der Waals surface area contributed by atoms with E-state index in [2.05, 4.69) is 0 Å². The highest BCUT2D eigenvalue weighted by molar-refractivity contribution is 5.95. The summed E-state index contributed by atoms with van der Waals surface area (Å²) in [4.78, 5) is 13.3. The van der Waals surface area contributed by atoms with Crippen molar-refractivity contribution < 1.29 is 9.18 Å². The zero-order valence-corrected chi connectivity index (χ0v) is 7.66. The van der Waals surface area contributed by atoms with Crippen molar-refractivity contribution in [1.82, 2.24) is 4.90 Å². The van der Waals surface area contributed by atoms with Gasteiger partial charge in [-0.25, -0.2) is 4.39 Å². The van der Waals surface area contributed by atoms with Crippen molar-refractivity contribution in [3.05, 3.63) is 29.6 Å². The zero-order chi connectivity index (χ0) is 10.1. The molecular formula is C10H11FN2O. The third kappa shape index (κ3) is 1.43. The molecule has 1 aromatic rings. The minimum Gasteiger partial charge on any atom is -0.396 e. The number of amides is 1. The topological polar surface area (TPSA) is 46.3 Å². The molecule has 2 N–H and O–H groups in total. The van der Waals surface area contributed by atoms with Gasteiger partial charge in [0.15, 0.2) is 0 Å². The van der Waals surface area contributed by atoms with Gasteiger partial charge in [0, 0.05) is 18.7 Å². The Bertz CT molecular complexity index is 374. The largest absolute Gasteiger partial charge is 0.396 e. The molecule has 74 valence electrons. The van der Waals surface area contributed by atoms with Crippen molar-refractivity contribution in [3.8, 4) is 0 Å². The lowest BCUT2D eigenvalue weighted by Crippen LogP contribution is -2.42. The molecule has 14 heavy (non-hydrogen) atoms. The quantitative estimate of drug-likeness (QED) is 0.684. The minimum absolute atomic E-state index is 0.0742. The molecule has 0 atom stereocenters. The molecule has 1 aliphatic rings. The standard InChI is InChI=1S/C10H11FN2O/c11-8-6-7(2-3-9(8)12)10(14)13-4-1-5-13/h2-3,6H,1,4-5,12H2. The molecule has 0 unspecified atom stereocenters. The molecule has 3 nitrogen and oxygen atoms in total. The van der Waals surface area contributed by atoms with E-state index in [-0.39, 0.29) is 11.6 Å². The number of nitrogens with two attached hydrogens (primary N) is 1. The lowest BCUT2D eigenvalue weighted by atomic mass is 10.1. The van der Waals surface area contributed by atoms with E-state index in [1.807, 2.05) is 0 Å². The SMILES string of the molecule is Nc1ccc(C(=O)N2CCC2)cc1F. The average Bonchev–Trinajstić information content (AvgIpc) is 2.06. The molecule has 0 saturated carbocycles. The molecule has 0 bridgehead atoms. The van der Waals surface area contributed by atoms with Crippen LogP contribution < -0.4 is 5.73 Å². The summed E-state index contributed by atoms with van der Waals surface area (Å²) in [6.45, 7) is 1.54. The van der Waals surface area contributed by atoms with Gasteiger partial charge in [0.05, 0.1) is 5.69 Å². The Morgan fingerprint density at radius 1 is 1.43 bits per heavy atom. The fourth-order valence-corrected chi connectivity index (χ4v) is 1.36. The summed E-state index contributed by atoms with van der Waals surface area (Å²) in [5.74, 6) is -0.647. The van der Waals surface area contributed by atoms with E-state index in [4.69, 9.17) is 5.73 Å². The van der Waals surface area contributed by atoms with E-state index in [1.54, 1.807) is 11.0 Å². The summed E-state index contributed by atoms with van der Waals surface area (Å²) in [6, 6.07) is 4.16. The first kappa shape index (κ1) is 8.99. The molecule has 0 radical (unpaired) electrons. The van der Waals surface area contributed by atoms with Gasteiger partial charge in [-0.1, -0.05) is 0 Å². The van der Waals surface area contributed by atoms with Crippen molar-refractivity contribution in [1.29, 1.82) is 0 Å². The second-order valence-corrected chi connectivity index (χ2v) is 3.38. The number of carbonyl (C=O) groups excluding carboxylic acids is 1. The van der Waals surface area contributed by atoms with Crippen molar-refractivity contribution >= 4 is 11.6 Å². The van der Waals surface area contributed by atoms with Crippen LogP contribution in [0.15, 0.2) is 18.2 Å². The number of carbonyl (C=O) groups is 1. The third-order valence-corrected chi connectivity index (χ3v) is 2.39. The molecule has 1 saturated heterocycles. The average molecular weight is 194 g/mol. The summed E-state index contributed by atoms with van der Waals surface area (Å²) in [6.07, 6.45) is 1.03. The van der Waals surface area contributed by atoms with Gasteiger partial charge >= 0.3 is 0 Å². The Morgan fingerprint density at radius 2 is 2.14 bits per heavy atom. The molecule has 0 spiro atoms.